The number of hydrogen-bond acceptors (Lipinski definition) is 2. The molecule has 0 radical (unpaired) electrons. The maximum Gasteiger partial charge on any atom is 0.137 e. The van der Waals surface area contributed by atoms with Gasteiger partial charge in [-0.15, -0.1) is 0 Å². The van der Waals surface area contributed by atoms with Gasteiger partial charge in [0.2, 0.25) is 0 Å². The standard InChI is InChI=1S/C14H18BrFO2/c1-18-11-5-3-7-14(17,9-11)8-10-4-2-6-12(16)13(10)15/h2,4,6,11,17H,3,5,7-9H2,1H3. The Balaban J connectivity index is 2.14. The average molecular weight is 317 g/mol. The Kier molecular flexibility index (Phi) is 4.41. The Morgan fingerprint density at radius 2 is 2.33 bits per heavy atom. The van der Waals surface area contributed by atoms with Gasteiger partial charge in [0.15, 0.2) is 0 Å². The second-order valence-electron chi connectivity index (χ2n) is 5.07. The van der Waals surface area contributed by atoms with Crippen molar-refractivity contribution in [2.75, 3.05) is 7.11 Å². The zero-order valence-corrected chi connectivity index (χ0v) is 12.0. The third-order valence-electron chi connectivity index (χ3n) is 3.66. The molecule has 100 valence electrons. The van der Waals surface area contributed by atoms with Gasteiger partial charge in [-0.1, -0.05) is 12.1 Å². The quantitative estimate of drug-likeness (QED) is 0.925. The summed E-state index contributed by atoms with van der Waals surface area (Å²) in [4.78, 5) is 0. The number of hydrogen-bond donors (Lipinski definition) is 1. The topological polar surface area (TPSA) is 29.5 Å². The van der Waals surface area contributed by atoms with Gasteiger partial charge in [0, 0.05) is 20.0 Å². The molecule has 1 aliphatic carbocycles. The molecule has 1 fully saturated rings. The van der Waals surface area contributed by atoms with E-state index in [1.807, 2.05) is 6.07 Å². The molecule has 2 unspecified atom stereocenters. The van der Waals surface area contributed by atoms with E-state index < -0.39 is 5.60 Å². The minimum Gasteiger partial charge on any atom is -0.389 e. The molecule has 1 saturated carbocycles. The number of ether oxygens (including phenoxy) is 1. The van der Waals surface area contributed by atoms with Crippen molar-refractivity contribution in [3.8, 4) is 0 Å². The zero-order chi connectivity index (χ0) is 13.2. The van der Waals surface area contributed by atoms with Gasteiger partial charge in [-0.25, -0.2) is 4.39 Å². The van der Waals surface area contributed by atoms with Crippen LogP contribution < -0.4 is 0 Å². The maximum absolute atomic E-state index is 13.4. The summed E-state index contributed by atoms with van der Waals surface area (Å²) in [6, 6.07) is 4.94. The molecule has 2 atom stereocenters. The first-order valence-electron chi connectivity index (χ1n) is 6.22. The van der Waals surface area contributed by atoms with Crippen LogP contribution in [-0.2, 0) is 11.2 Å². The summed E-state index contributed by atoms with van der Waals surface area (Å²) >= 11 is 3.25. The smallest absolute Gasteiger partial charge is 0.137 e. The van der Waals surface area contributed by atoms with Crippen molar-refractivity contribution < 1.29 is 14.2 Å². The first kappa shape index (κ1) is 14.0. The lowest BCUT2D eigenvalue weighted by molar-refractivity contribution is -0.0582. The highest BCUT2D eigenvalue weighted by atomic mass is 79.9. The maximum atomic E-state index is 13.4. The number of benzene rings is 1. The van der Waals surface area contributed by atoms with E-state index in [1.165, 1.54) is 6.07 Å². The van der Waals surface area contributed by atoms with Gasteiger partial charge < -0.3 is 9.84 Å². The average Bonchev–Trinajstić information content (AvgIpc) is 2.35. The third kappa shape index (κ3) is 3.11. The molecule has 18 heavy (non-hydrogen) atoms. The van der Waals surface area contributed by atoms with Crippen molar-refractivity contribution in [3.63, 3.8) is 0 Å². The molecular formula is C14H18BrFO2. The second-order valence-corrected chi connectivity index (χ2v) is 5.86. The summed E-state index contributed by atoms with van der Waals surface area (Å²) in [6.07, 6.45) is 3.87. The lowest BCUT2D eigenvalue weighted by Gasteiger charge is -2.36. The normalized spacial score (nSPS) is 28.3. The van der Waals surface area contributed by atoms with Gasteiger partial charge in [0.1, 0.15) is 5.82 Å². The molecule has 2 rings (SSSR count). The van der Waals surface area contributed by atoms with Gasteiger partial charge in [-0.2, -0.15) is 0 Å². The minimum absolute atomic E-state index is 0.107. The molecule has 0 spiro atoms. The summed E-state index contributed by atoms with van der Waals surface area (Å²) < 4.78 is 19.2. The summed E-state index contributed by atoms with van der Waals surface area (Å²) in [5.41, 5.74) is 0.0316. The van der Waals surface area contributed by atoms with Crippen LogP contribution in [0.3, 0.4) is 0 Å². The van der Waals surface area contributed by atoms with E-state index in [4.69, 9.17) is 4.74 Å². The van der Waals surface area contributed by atoms with Crippen LogP contribution in [0, 0.1) is 5.82 Å². The van der Waals surface area contributed by atoms with Crippen LogP contribution in [-0.4, -0.2) is 23.9 Å². The van der Waals surface area contributed by atoms with E-state index >= 15 is 0 Å². The van der Waals surface area contributed by atoms with Gasteiger partial charge in [0.25, 0.3) is 0 Å². The first-order chi connectivity index (χ1) is 8.54. The zero-order valence-electron chi connectivity index (χ0n) is 10.5. The molecule has 0 heterocycles. The molecule has 1 aromatic rings. The Morgan fingerprint density at radius 3 is 3.06 bits per heavy atom. The molecule has 4 heteroatoms. The Bertz CT molecular complexity index is 424. The van der Waals surface area contributed by atoms with Crippen molar-refractivity contribution in [1.82, 2.24) is 0 Å². The van der Waals surface area contributed by atoms with Gasteiger partial charge in [-0.3, -0.25) is 0 Å². The molecule has 1 N–H and O–H groups in total. The summed E-state index contributed by atoms with van der Waals surface area (Å²) in [7, 11) is 1.68. The van der Waals surface area contributed by atoms with E-state index in [0.717, 1.165) is 24.8 Å². The largest absolute Gasteiger partial charge is 0.389 e. The summed E-state index contributed by atoms with van der Waals surface area (Å²) in [5, 5.41) is 10.6. The van der Waals surface area contributed by atoms with Gasteiger partial charge in [-0.05, 0) is 46.8 Å². The van der Waals surface area contributed by atoms with Crippen molar-refractivity contribution >= 4 is 15.9 Å². The number of rotatable bonds is 3. The van der Waals surface area contributed by atoms with Crippen molar-refractivity contribution in [2.45, 2.75) is 43.8 Å². The van der Waals surface area contributed by atoms with Crippen molar-refractivity contribution in [1.29, 1.82) is 0 Å². The van der Waals surface area contributed by atoms with Crippen molar-refractivity contribution in [2.24, 2.45) is 0 Å². The Hall–Kier alpha value is -0.450. The van der Waals surface area contributed by atoms with Crippen LogP contribution in [0.1, 0.15) is 31.2 Å². The SMILES string of the molecule is COC1CCCC(O)(Cc2cccc(F)c2Br)C1. The number of halogens is 2. The van der Waals surface area contributed by atoms with E-state index in [2.05, 4.69) is 15.9 Å². The Morgan fingerprint density at radius 1 is 1.56 bits per heavy atom. The molecule has 0 saturated heterocycles. The van der Waals surface area contributed by atoms with Crippen LogP contribution in [0.5, 0.6) is 0 Å². The van der Waals surface area contributed by atoms with Crippen molar-refractivity contribution in [3.05, 3.63) is 34.1 Å². The molecule has 1 aromatic carbocycles. The summed E-state index contributed by atoms with van der Waals surface area (Å²) in [6.45, 7) is 0. The monoisotopic (exact) mass is 316 g/mol. The molecular weight excluding hydrogens is 299 g/mol. The van der Waals surface area contributed by atoms with Crippen LogP contribution in [0.2, 0.25) is 0 Å². The van der Waals surface area contributed by atoms with Crippen LogP contribution in [0.15, 0.2) is 22.7 Å². The highest BCUT2D eigenvalue weighted by molar-refractivity contribution is 9.10. The summed E-state index contributed by atoms with van der Waals surface area (Å²) in [5.74, 6) is -0.282. The highest BCUT2D eigenvalue weighted by Crippen LogP contribution is 2.34. The fraction of sp³-hybridized carbons (Fsp3) is 0.571. The molecule has 0 aliphatic heterocycles. The van der Waals surface area contributed by atoms with Crippen LogP contribution in [0.25, 0.3) is 0 Å². The fourth-order valence-electron chi connectivity index (χ4n) is 2.69. The number of methoxy groups -OCH3 is 1. The van der Waals surface area contributed by atoms with E-state index in [0.29, 0.717) is 17.3 Å². The molecule has 1 aliphatic rings. The minimum atomic E-state index is -0.782. The predicted octanol–water partition coefficient (Wildman–Crippen LogP) is 3.45. The predicted molar refractivity (Wildman–Crippen MR) is 72.0 cm³/mol. The lowest BCUT2D eigenvalue weighted by atomic mass is 9.79. The number of aliphatic hydroxyl groups is 1. The molecule has 2 nitrogen and oxygen atoms in total. The van der Waals surface area contributed by atoms with Gasteiger partial charge in [0.05, 0.1) is 16.2 Å². The lowest BCUT2D eigenvalue weighted by Crippen LogP contribution is -2.40. The second kappa shape index (κ2) is 5.68. The molecule has 0 bridgehead atoms. The van der Waals surface area contributed by atoms with E-state index in [1.54, 1.807) is 13.2 Å². The van der Waals surface area contributed by atoms with Crippen LogP contribution >= 0.6 is 15.9 Å². The van der Waals surface area contributed by atoms with Gasteiger partial charge >= 0.3 is 0 Å². The first-order valence-corrected chi connectivity index (χ1v) is 7.01. The molecule has 0 aromatic heterocycles. The fourth-order valence-corrected chi connectivity index (χ4v) is 3.09. The van der Waals surface area contributed by atoms with Crippen LogP contribution in [0.4, 0.5) is 4.39 Å². The molecule has 0 amide bonds. The third-order valence-corrected chi connectivity index (χ3v) is 4.55. The highest BCUT2D eigenvalue weighted by Gasteiger charge is 2.35. The van der Waals surface area contributed by atoms with E-state index in [9.17, 15) is 9.50 Å². The Labute approximate surface area is 115 Å². The van der Waals surface area contributed by atoms with E-state index in [-0.39, 0.29) is 11.9 Å².